The molecule has 4 unspecified atom stereocenters. The first kappa shape index (κ1) is 21.0. The Bertz CT molecular complexity index is 1100. The highest BCUT2D eigenvalue weighted by Gasteiger charge is 2.37. The smallest absolute Gasteiger partial charge is 0.253 e. The first-order chi connectivity index (χ1) is 14.0. The number of hydrogen-bond acceptors (Lipinski definition) is 4. The van der Waals surface area contributed by atoms with Crippen LogP contribution in [0, 0.1) is 6.92 Å². The van der Waals surface area contributed by atoms with E-state index in [2.05, 4.69) is 24.3 Å². The molecule has 4 rings (SSSR count). The minimum atomic E-state index is -1.95. The Kier molecular flexibility index (Phi) is 5.21. The van der Waals surface area contributed by atoms with Crippen molar-refractivity contribution in [1.29, 1.82) is 0 Å². The van der Waals surface area contributed by atoms with Crippen molar-refractivity contribution in [2.45, 2.75) is 36.8 Å². The normalized spacial score (nSPS) is 24.0. The second-order valence-corrected chi connectivity index (χ2v) is 9.42. The quantitative estimate of drug-likeness (QED) is 0.482. The zero-order chi connectivity index (χ0) is 21.7. The third kappa shape index (κ3) is 4.13. The van der Waals surface area contributed by atoms with E-state index < -0.39 is 10.6 Å². The lowest BCUT2D eigenvalue weighted by Crippen LogP contribution is -2.50. The molecule has 30 heavy (non-hydrogen) atoms. The lowest BCUT2D eigenvalue weighted by molar-refractivity contribution is 0.0698. The Balaban J connectivity index is 1.64. The molecular formula is C20H21B2FN5OP. The van der Waals surface area contributed by atoms with Crippen molar-refractivity contribution in [3.63, 3.8) is 0 Å². The summed E-state index contributed by atoms with van der Waals surface area (Å²) in [7, 11) is 14.7. The summed E-state index contributed by atoms with van der Waals surface area (Å²) >= 11 is 0. The van der Waals surface area contributed by atoms with E-state index in [4.69, 9.17) is 15.7 Å². The van der Waals surface area contributed by atoms with Gasteiger partial charge in [0.1, 0.15) is 14.2 Å². The maximum atomic E-state index is 13.9. The van der Waals surface area contributed by atoms with Gasteiger partial charge in [-0.1, -0.05) is 12.1 Å². The molecule has 0 aliphatic carbocycles. The number of carbonyl (C=O) groups excluding carboxylic acids is 1. The van der Waals surface area contributed by atoms with E-state index in [1.807, 2.05) is 13.0 Å². The number of halogens is 1. The number of piperidine rings is 1. The largest absolute Gasteiger partial charge is 0.338 e. The average molecular weight is 419 g/mol. The number of fused-ring (bicyclic) bond motifs is 1. The Morgan fingerprint density at radius 3 is 2.73 bits per heavy atom. The summed E-state index contributed by atoms with van der Waals surface area (Å²) in [5.74, 6) is 0.307. The van der Waals surface area contributed by atoms with Crippen LogP contribution >= 0.6 is 9.24 Å². The molecule has 6 nitrogen and oxygen atoms in total. The van der Waals surface area contributed by atoms with Gasteiger partial charge in [0.15, 0.2) is 0 Å². The second kappa shape index (κ2) is 7.45. The molecule has 1 fully saturated rings. The third-order valence-electron chi connectivity index (χ3n) is 5.36. The van der Waals surface area contributed by atoms with Crippen molar-refractivity contribution in [3.8, 4) is 0 Å². The molecule has 0 bridgehead atoms. The average Bonchev–Trinajstić information content (AvgIpc) is 3.13. The second-order valence-electron chi connectivity index (χ2n) is 8.27. The number of aryl methyl sites for hydroxylation is 1. The fourth-order valence-corrected chi connectivity index (χ4v) is 4.50. The topological polar surface area (TPSA) is 63.4 Å². The van der Waals surface area contributed by atoms with E-state index in [1.54, 1.807) is 21.5 Å². The van der Waals surface area contributed by atoms with Crippen molar-refractivity contribution >= 4 is 36.6 Å². The minimum Gasteiger partial charge on any atom is -0.338 e. The molecule has 1 aromatic carbocycles. The van der Waals surface area contributed by atoms with Gasteiger partial charge in [-0.05, 0) is 49.1 Å². The van der Waals surface area contributed by atoms with Gasteiger partial charge in [-0.25, -0.2) is 9.50 Å². The first-order valence-corrected chi connectivity index (χ1v) is 10.2. The number of benzene rings is 1. The Hall–Kier alpha value is -2.27. The molecule has 2 aromatic heterocycles. The highest BCUT2D eigenvalue weighted by atomic mass is 31.0. The van der Waals surface area contributed by atoms with Gasteiger partial charge in [-0.3, -0.25) is 9.18 Å². The summed E-state index contributed by atoms with van der Waals surface area (Å²) in [5, 5.41) is 3.63. The Morgan fingerprint density at radius 2 is 2.07 bits per heavy atom. The van der Waals surface area contributed by atoms with Crippen LogP contribution in [0.25, 0.3) is 5.78 Å². The summed E-state index contributed by atoms with van der Waals surface area (Å²) in [4.78, 5) is 23.5. The van der Waals surface area contributed by atoms with Crippen LogP contribution in [-0.4, -0.2) is 64.2 Å². The van der Waals surface area contributed by atoms with Gasteiger partial charge in [-0.2, -0.15) is 10.1 Å². The maximum absolute atomic E-state index is 13.9. The number of rotatable bonds is 3. The highest BCUT2D eigenvalue weighted by molar-refractivity contribution is 7.22. The van der Waals surface area contributed by atoms with E-state index in [9.17, 15) is 9.18 Å². The van der Waals surface area contributed by atoms with Crippen LogP contribution < -0.4 is 0 Å². The van der Waals surface area contributed by atoms with Crippen LogP contribution in [0.5, 0.6) is 0 Å². The summed E-state index contributed by atoms with van der Waals surface area (Å²) in [6, 6.07) is 8.23. The van der Waals surface area contributed by atoms with Crippen molar-refractivity contribution < 1.29 is 9.18 Å². The van der Waals surface area contributed by atoms with E-state index in [1.165, 1.54) is 25.4 Å². The molecule has 10 heteroatoms. The summed E-state index contributed by atoms with van der Waals surface area (Å²) < 4.78 is 15.6. The Morgan fingerprint density at radius 1 is 1.37 bits per heavy atom. The lowest BCUT2D eigenvalue weighted by Gasteiger charge is -2.43. The van der Waals surface area contributed by atoms with E-state index in [0.29, 0.717) is 36.4 Å². The molecule has 3 aromatic rings. The highest BCUT2D eigenvalue weighted by Crippen LogP contribution is 2.37. The third-order valence-corrected chi connectivity index (χ3v) is 5.78. The predicted octanol–water partition coefficient (Wildman–Crippen LogP) is 2.11. The van der Waals surface area contributed by atoms with Crippen LogP contribution in [0.3, 0.4) is 0 Å². The van der Waals surface area contributed by atoms with Crippen LogP contribution in [-0.2, 0) is 5.57 Å². The molecule has 0 N–H and O–H groups in total. The number of aromatic nitrogens is 4. The van der Waals surface area contributed by atoms with Gasteiger partial charge in [0.2, 0.25) is 0 Å². The zero-order valence-electron chi connectivity index (χ0n) is 16.9. The number of alkyl halides is 1. The van der Waals surface area contributed by atoms with Gasteiger partial charge in [0.05, 0.1) is 19.1 Å². The molecule has 1 aliphatic heterocycles. The minimum absolute atomic E-state index is 0.0476. The number of likely N-dealkylation sites (tertiary alicyclic amines) is 1. The number of nitrogens with zero attached hydrogens (tertiary/aromatic N) is 5. The fourth-order valence-electron chi connectivity index (χ4n) is 4.00. The summed E-state index contributed by atoms with van der Waals surface area (Å²) in [5.41, 5.74) is 0.562. The molecule has 1 amide bonds. The van der Waals surface area contributed by atoms with Gasteiger partial charge in [0, 0.05) is 30.3 Å². The molecule has 3 heterocycles. The molecular weight excluding hydrogens is 398 g/mol. The molecule has 1 aliphatic rings. The van der Waals surface area contributed by atoms with Crippen LogP contribution in [0.15, 0.2) is 36.7 Å². The Labute approximate surface area is 179 Å². The molecule has 4 radical (unpaired) electrons. The van der Waals surface area contributed by atoms with Gasteiger partial charge >= 0.3 is 0 Å². The molecule has 1 saturated heterocycles. The molecule has 0 saturated carbocycles. The standard InChI is InChI=1S/C20H21B2FN5OP/c1-12-7-16(28-18(26-12)24-11-25-28)14-8-20(22,30)10-27(9-14)17(29)13-3-5-15(6-4-13)19(2,21)23/h3-7,11,14H,8-10,30H2,1-2H3. The van der Waals surface area contributed by atoms with Crippen LogP contribution in [0.1, 0.15) is 46.6 Å². The van der Waals surface area contributed by atoms with E-state index >= 15 is 0 Å². The van der Waals surface area contributed by atoms with Crippen molar-refractivity contribution in [2.75, 3.05) is 13.1 Å². The number of hydrogen-bond donors (Lipinski definition) is 0. The monoisotopic (exact) mass is 419 g/mol. The van der Waals surface area contributed by atoms with Crippen molar-refractivity contribution in [2.24, 2.45) is 0 Å². The maximum Gasteiger partial charge on any atom is 0.253 e. The van der Waals surface area contributed by atoms with Crippen LogP contribution in [0.2, 0.25) is 0 Å². The fraction of sp³-hybridized carbons (Fsp3) is 0.400. The summed E-state index contributed by atoms with van der Waals surface area (Å²) in [6.45, 7) is 4.04. The van der Waals surface area contributed by atoms with E-state index in [-0.39, 0.29) is 11.8 Å². The van der Waals surface area contributed by atoms with Crippen LogP contribution in [0.4, 0.5) is 4.39 Å². The van der Waals surface area contributed by atoms with Gasteiger partial charge in [0.25, 0.3) is 11.7 Å². The van der Waals surface area contributed by atoms with Crippen molar-refractivity contribution in [1.82, 2.24) is 24.5 Å². The molecule has 4 atom stereocenters. The molecule has 0 spiro atoms. The summed E-state index contributed by atoms with van der Waals surface area (Å²) in [6.07, 6.45) is 2.12. The molecule has 150 valence electrons. The predicted molar refractivity (Wildman–Crippen MR) is 118 cm³/mol. The van der Waals surface area contributed by atoms with E-state index in [0.717, 1.165) is 11.4 Å². The zero-order valence-corrected chi connectivity index (χ0v) is 18.1. The van der Waals surface area contributed by atoms with Gasteiger partial charge < -0.3 is 4.90 Å². The number of carbonyl (C=O) groups is 1. The van der Waals surface area contributed by atoms with Gasteiger partial charge in [-0.15, -0.1) is 9.24 Å². The SMILES string of the molecule is [B]C1(P)CC(c2cc(C)nc3ncnn23)CN(C(=O)c2ccc(C([B])(C)F)cc2)C1. The van der Waals surface area contributed by atoms with Crippen molar-refractivity contribution in [3.05, 3.63) is 59.2 Å². The first-order valence-electron chi connectivity index (χ1n) is 9.66. The number of amides is 1. The lowest BCUT2D eigenvalue weighted by atomic mass is 9.74.